The third-order valence-electron chi connectivity index (χ3n) is 5.09. The maximum atomic E-state index is 3.53. The van der Waals surface area contributed by atoms with E-state index < -0.39 is 0 Å². The van der Waals surface area contributed by atoms with Gasteiger partial charge in [-0.1, -0.05) is 38.1 Å². The van der Waals surface area contributed by atoms with Crippen LogP contribution in [0, 0.1) is 11.8 Å². The summed E-state index contributed by atoms with van der Waals surface area (Å²) in [6, 6.07) is 9.94. The van der Waals surface area contributed by atoms with E-state index in [-0.39, 0.29) is 0 Å². The van der Waals surface area contributed by atoms with Crippen molar-refractivity contribution in [3.63, 3.8) is 0 Å². The molecule has 2 nitrogen and oxygen atoms in total. The Kier molecular flexibility index (Phi) is 3.64. The van der Waals surface area contributed by atoms with Gasteiger partial charge in [-0.05, 0) is 48.9 Å². The third-order valence-corrected chi connectivity index (χ3v) is 5.09. The average molecular weight is 258 g/mol. The summed E-state index contributed by atoms with van der Waals surface area (Å²) in [5, 5.41) is 3.53. The first-order valence-corrected chi connectivity index (χ1v) is 7.68. The Morgan fingerprint density at radius 3 is 2.58 bits per heavy atom. The van der Waals surface area contributed by atoms with E-state index in [1.807, 2.05) is 0 Å². The van der Waals surface area contributed by atoms with Crippen molar-refractivity contribution < 1.29 is 0 Å². The molecule has 3 atom stereocenters. The Morgan fingerprint density at radius 1 is 1.21 bits per heavy atom. The predicted octanol–water partition coefficient (Wildman–Crippen LogP) is 2.85. The van der Waals surface area contributed by atoms with E-state index in [2.05, 4.69) is 55.3 Å². The van der Waals surface area contributed by atoms with E-state index in [0.29, 0.717) is 5.92 Å². The van der Waals surface area contributed by atoms with E-state index in [1.165, 1.54) is 30.8 Å². The van der Waals surface area contributed by atoms with Gasteiger partial charge in [-0.15, -0.1) is 0 Å². The Balaban J connectivity index is 1.65. The molecule has 104 valence electrons. The SMILES string of the molecule is CC(C)c1ccc(CN2CC3CNCC3C2C)cc1. The monoisotopic (exact) mass is 258 g/mol. The van der Waals surface area contributed by atoms with Gasteiger partial charge in [0.05, 0.1) is 0 Å². The lowest BCUT2D eigenvalue weighted by Gasteiger charge is -2.24. The van der Waals surface area contributed by atoms with Gasteiger partial charge in [0, 0.05) is 19.1 Å². The van der Waals surface area contributed by atoms with Crippen molar-refractivity contribution >= 4 is 0 Å². The van der Waals surface area contributed by atoms with Crippen LogP contribution >= 0.6 is 0 Å². The van der Waals surface area contributed by atoms with Crippen LogP contribution in [0.5, 0.6) is 0 Å². The first-order valence-electron chi connectivity index (χ1n) is 7.68. The van der Waals surface area contributed by atoms with Crippen molar-refractivity contribution in [3.8, 4) is 0 Å². The second-order valence-corrected chi connectivity index (χ2v) is 6.65. The normalized spacial score (nSPS) is 31.1. The second kappa shape index (κ2) is 5.26. The molecule has 1 aromatic carbocycles. The van der Waals surface area contributed by atoms with Crippen molar-refractivity contribution in [1.82, 2.24) is 10.2 Å². The summed E-state index contributed by atoms with van der Waals surface area (Å²) in [5.74, 6) is 2.38. The van der Waals surface area contributed by atoms with E-state index in [4.69, 9.17) is 0 Å². The van der Waals surface area contributed by atoms with Gasteiger partial charge < -0.3 is 5.32 Å². The molecule has 3 unspecified atom stereocenters. The van der Waals surface area contributed by atoms with E-state index in [9.17, 15) is 0 Å². The maximum absolute atomic E-state index is 3.53. The van der Waals surface area contributed by atoms with E-state index in [0.717, 1.165) is 24.4 Å². The molecule has 0 radical (unpaired) electrons. The topological polar surface area (TPSA) is 15.3 Å². The van der Waals surface area contributed by atoms with Crippen molar-refractivity contribution in [2.24, 2.45) is 11.8 Å². The highest BCUT2D eigenvalue weighted by Crippen LogP contribution is 2.33. The number of nitrogens with one attached hydrogen (secondary N) is 1. The van der Waals surface area contributed by atoms with Crippen LogP contribution in [0.1, 0.15) is 37.8 Å². The van der Waals surface area contributed by atoms with Gasteiger partial charge in [0.2, 0.25) is 0 Å². The summed E-state index contributed by atoms with van der Waals surface area (Å²) >= 11 is 0. The van der Waals surface area contributed by atoms with Crippen LogP contribution in [0.2, 0.25) is 0 Å². The average Bonchev–Trinajstić information content (AvgIpc) is 2.95. The Hall–Kier alpha value is -0.860. The quantitative estimate of drug-likeness (QED) is 0.897. The van der Waals surface area contributed by atoms with Gasteiger partial charge in [0.25, 0.3) is 0 Å². The van der Waals surface area contributed by atoms with Crippen molar-refractivity contribution in [3.05, 3.63) is 35.4 Å². The first-order chi connectivity index (χ1) is 9.15. The molecule has 2 heterocycles. The Morgan fingerprint density at radius 2 is 1.95 bits per heavy atom. The maximum Gasteiger partial charge on any atom is 0.0236 e. The minimum Gasteiger partial charge on any atom is -0.316 e. The minimum absolute atomic E-state index is 0.630. The Bertz CT molecular complexity index is 423. The zero-order chi connectivity index (χ0) is 13.4. The number of nitrogens with zero attached hydrogens (tertiary/aromatic N) is 1. The highest BCUT2D eigenvalue weighted by atomic mass is 15.2. The molecule has 0 amide bonds. The summed E-state index contributed by atoms with van der Waals surface area (Å²) in [6.07, 6.45) is 0. The molecule has 1 N–H and O–H groups in total. The highest BCUT2D eigenvalue weighted by molar-refractivity contribution is 5.24. The Labute approximate surface area is 117 Å². The number of hydrogen-bond donors (Lipinski definition) is 1. The minimum atomic E-state index is 0.630. The van der Waals surface area contributed by atoms with Gasteiger partial charge in [0.15, 0.2) is 0 Å². The molecule has 2 aliphatic rings. The van der Waals surface area contributed by atoms with Crippen LogP contribution in [-0.2, 0) is 6.54 Å². The molecular weight excluding hydrogens is 232 g/mol. The molecular formula is C17H26N2. The molecule has 0 aromatic heterocycles. The fourth-order valence-electron chi connectivity index (χ4n) is 3.71. The van der Waals surface area contributed by atoms with Crippen LogP contribution in [0.4, 0.5) is 0 Å². The summed E-state index contributed by atoms with van der Waals surface area (Å²) in [7, 11) is 0. The predicted molar refractivity (Wildman–Crippen MR) is 80.3 cm³/mol. The van der Waals surface area contributed by atoms with Crippen LogP contribution in [0.3, 0.4) is 0 Å². The number of rotatable bonds is 3. The summed E-state index contributed by atoms with van der Waals surface area (Å²) < 4.78 is 0. The standard InChI is InChI=1S/C17H26N2/c1-12(2)15-6-4-14(5-7-15)10-19-11-16-8-18-9-17(16)13(19)3/h4-7,12-13,16-18H,8-11H2,1-3H3. The second-order valence-electron chi connectivity index (χ2n) is 6.65. The summed E-state index contributed by atoms with van der Waals surface area (Å²) in [6.45, 7) is 11.7. The fraction of sp³-hybridized carbons (Fsp3) is 0.647. The van der Waals surface area contributed by atoms with Crippen molar-refractivity contribution in [2.45, 2.75) is 39.3 Å². The smallest absolute Gasteiger partial charge is 0.0236 e. The van der Waals surface area contributed by atoms with Gasteiger partial charge in [-0.2, -0.15) is 0 Å². The molecule has 2 aliphatic heterocycles. The molecule has 1 aromatic rings. The number of fused-ring (bicyclic) bond motifs is 1. The molecule has 2 saturated heterocycles. The van der Waals surface area contributed by atoms with Crippen LogP contribution < -0.4 is 5.32 Å². The van der Waals surface area contributed by atoms with E-state index in [1.54, 1.807) is 0 Å². The first kappa shape index (κ1) is 13.1. The molecule has 3 rings (SSSR count). The molecule has 0 spiro atoms. The third kappa shape index (κ3) is 2.56. The molecule has 2 fully saturated rings. The molecule has 0 saturated carbocycles. The van der Waals surface area contributed by atoms with Gasteiger partial charge in [0.1, 0.15) is 0 Å². The van der Waals surface area contributed by atoms with Crippen LogP contribution in [0.25, 0.3) is 0 Å². The molecule has 0 bridgehead atoms. The van der Waals surface area contributed by atoms with Crippen molar-refractivity contribution in [2.75, 3.05) is 19.6 Å². The summed E-state index contributed by atoms with van der Waals surface area (Å²) in [5.41, 5.74) is 2.91. The molecule has 19 heavy (non-hydrogen) atoms. The lowest BCUT2D eigenvalue weighted by Crippen LogP contribution is -2.32. The molecule has 0 aliphatic carbocycles. The number of benzene rings is 1. The van der Waals surface area contributed by atoms with Gasteiger partial charge >= 0.3 is 0 Å². The number of likely N-dealkylation sites (tertiary alicyclic amines) is 1. The van der Waals surface area contributed by atoms with E-state index >= 15 is 0 Å². The molecule has 2 heteroatoms. The fourth-order valence-corrected chi connectivity index (χ4v) is 3.71. The van der Waals surface area contributed by atoms with Gasteiger partial charge in [-0.25, -0.2) is 0 Å². The van der Waals surface area contributed by atoms with Gasteiger partial charge in [-0.3, -0.25) is 4.90 Å². The largest absolute Gasteiger partial charge is 0.316 e. The van der Waals surface area contributed by atoms with Crippen molar-refractivity contribution in [1.29, 1.82) is 0 Å². The highest BCUT2D eigenvalue weighted by Gasteiger charge is 2.41. The lowest BCUT2D eigenvalue weighted by atomic mass is 9.95. The number of hydrogen-bond acceptors (Lipinski definition) is 2. The summed E-state index contributed by atoms with van der Waals surface area (Å²) in [4.78, 5) is 2.67. The zero-order valence-corrected chi connectivity index (χ0v) is 12.4. The van der Waals surface area contributed by atoms with Crippen LogP contribution in [-0.4, -0.2) is 30.6 Å². The zero-order valence-electron chi connectivity index (χ0n) is 12.4. The lowest BCUT2D eigenvalue weighted by molar-refractivity contribution is 0.231. The van der Waals surface area contributed by atoms with Crippen LogP contribution in [0.15, 0.2) is 24.3 Å².